The molecule has 162 valence electrons. The Balaban J connectivity index is 2.17. The first kappa shape index (κ1) is 23.0. The van der Waals surface area contributed by atoms with Gasteiger partial charge in [0.1, 0.15) is 17.0 Å². The molecule has 0 N–H and O–H groups in total. The first-order valence-corrected chi connectivity index (χ1v) is 10.4. The maximum absolute atomic E-state index is 12.6. The summed E-state index contributed by atoms with van der Waals surface area (Å²) in [6, 6.07) is 3.69. The van der Waals surface area contributed by atoms with Crippen molar-refractivity contribution >= 4 is 18.0 Å². The smallest absolute Gasteiger partial charge is 0.416 e. The van der Waals surface area contributed by atoms with Gasteiger partial charge in [0.05, 0.1) is 6.04 Å². The molecule has 1 fully saturated rings. The molecule has 2 rings (SSSR count). The van der Waals surface area contributed by atoms with Gasteiger partial charge in [0.2, 0.25) is 0 Å². The summed E-state index contributed by atoms with van der Waals surface area (Å²) in [5.74, 6) is 0.548. The number of ether oxygens (including phenoxy) is 2. The third-order valence-corrected chi connectivity index (χ3v) is 4.37. The van der Waals surface area contributed by atoms with Crippen molar-refractivity contribution < 1.29 is 19.1 Å². The molecule has 1 aliphatic heterocycles. The lowest BCUT2D eigenvalue weighted by Gasteiger charge is -2.29. The van der Waals surface area contributed by atoms with Gasteiger partial charge in [-0.05, 0) is 72.4 Å². The summed E-state index contributed by atoms with van der Waals surface area (Å²) >= 11 is 0. The van der Waals surface area contributed by atoms with Crippen LogP contribution in [0.4, 0.5) is 15.4 Å². The van der Waals surface area contributed by atoms with Gasteiger partial charge in [0, 0.05) is 19.3 Å². The number of aromatic nitrogens is 1. The van der Waals surface area contributed by atoms with Crippen molar-refractivity contribution in [3.05, 3.63) is 23.9 Å². The van der Waals surface area contributed by atoms with Crippen LogP contribution < -0.4 is 4.90 Å². The van der Waals surface area contributed by atoms with Gasteiger partial charge in [-0.2, -0.15) is 0 Å². The molecule has 7 nitrogen and oxygen atoms in total. The number of rotatable bonds is 4. The number of nitrogens with zero attached hydrogens (tertiary/aromatic N) is 3. The van der Waals surface area contributed by atoms with Crippen LogP contribution in [-0.4, -0.2) is 46.4 Å². The van der Waals surface area contributed by atoms with Gasteiger partial charge in [-0.1, -0.05) is 13.0 Å². The monoisotopic (exact) mass is 405 g/mol. The molecular weight excluding hydrogens is 370 g/mol. The van der Waals surface area contributed by atoms with Crippen molar-refractivity contribution in [2.24, 2.45) is 0 Å². The van der Waals surface area contributed by atoms with Crippen LogP contribution in [-0.2, 0) is 9.47 Å². The zero-order valence-corrected chi connectivity index (χ0v) is 18.8. The van der Waals surface area contributed by atoms with E-state index in [1.165, 1.54) is 0 Å². The summed E-state index contributed by atoms with van der Waals surface area (Å²) in [7, 11) is 0. The Morgan fingerprint density at radius 1 is 1.14 bits per heavy atom. The molecule has 1 aliphatic rings. The molecule has 1 aromatic rings. The molecular formula is C22H35N3O4. The van der Waals surface area contributed by atoms with Crippen molar-refractivity contribution in [2.45, 2.75) is 85.0 Å². The minimum absolute atomic E-state index is 0.0625. The number of hydrogen-bond acceptors (Lipinski definition) is 5. The molecule has 1 aromatic heterocycles. The number of likely N-dealkylation sites (tertiary alicyclic amines) is 1. The number of pyridine rings is 1. The lowest BCUT2D eigenvalue weighted by Crippen LogP contribution is -2.38. The van der Waals surface area contributed by atoms with Crippen LogP contribution in [0.2, 0.25) is 0 Å². The van der Waals surface area contributed by atoms with Crippen molar-refractivity contribution in [1.29, 1.82) is 0 Å². The van der Waals surface area contributed by atoms with Crippen LogP contribution in [0.1, 0.15) is 79.3 Å². The van der Waals surface area contributed by atoms with Crippen LogP contribution in [0.5, 0.6) is 0 Å². The Labute approximate surface area is 174 Å². The minimum atomic E-state index is -0.569. The van der Waals surface area contributed by atoms with Gasteiger partial charge in [0.15, 0.2) is 0 Å². The predicted molar refractivity (Wildman–Crippen MR) is 113 cm³/mol. The molecule has 1 saturated heterocycles. The SMILES string of the molecule is CCCN(C(=O)OC(C)(C)C)c1ccc(C2CCCN2C(=O)OC(C)(C)C)cn1. The third kappa shape index (κ3) is 6.61. The summed E-state index contributed by atoms with van der Waals surface area (Å²) in [5.41, 5.74) is -0.154. The van der Waals surface area contributed by atoms with Gasteiger partial charge in [0.25, 0.3) is 0 Å². The lowest BCUT2D eigenvalue weighted by atomic mass is 10.1. The molecule has 7 heteroatoms. The van der Waals surface area contributed by atoms with E-state index in [9.17, 15) is 9.59 Å². The lowest BCUT2D eigenvalue weighted by molar-refractivity contribution is 0.0224. The first-order chi connectivity index (χ1) is 13.4. The average Bonchev–Trinajstić information content (AvgIpc) is 3.06. The van der Waals surface area contributed by atoms with Gasteiger partial charge >= 0.3 is 12.2 Å². The molecule has 0 aliphatic carbocycles. The van der Waals surface area contributed by atoms with Crippen LogP contribution >= 0.6 is 0 Å². The Morgan fingerprint density at radius 2 is 1.79 bits per heavy atom. The van der Waals surface area contributed by atoms with Crippen molar-refractivity contribution in [2.75, 3.05) is 18.0 Å². The fourth-order valence-electron chi connectivity index (χ4n) is 3.25. The fraction of sp³-hybridized carbons (Fsp3) is 0.682. The van der Waals surface area contributed by atoms with E-state index >= 15 is 0 Å². The summed E-state index contributed by atoms with van der Waals surface area (Å²) in [5, 5.41) is 0. The first-order valence-electron chi connectivity index (χ1n) is 10.4. The van der Waals surface area contributed by atoms with E-state index in [1.54, 1.807) is 16.0 Å². The average molecular weight is 406 g/mol. The van der Waals surface area contributed by atoms with E-state index < -0.39 is 17.3 Å². The van der Waals surface area contributed by atoms with E-state index in [-0.39, 0.29) is 12.1 Å². The molecule has 1 unspecified atom stereocenters. The number of anilines is 1. The van der Waals surface area contributed by atoms with Crippen molar-refractivity contribution in [3.8, 4) is 0 Å². The molecule has 2 heterocycles. The standard InChI is InChI=1S/C22H35N3O4/c1-8-13-25(20(27)29-22(5,6)7)18-12-11-16(15-23-18)17-10-9-14-24(17)19(26)28-21(2,3)4/h11-12,15,17H,8-10,13-14H2,1-7H3. The molecule has 29 heavy (non-hydrogen) atoms. The highest BCUT2D eigenvalue weighted by Gasteiger charge is 2.33. The summed E-state index contributed by atoms with van der Waals surface area (Å²) in [4.78, 5) is 32.9. The molecule has 0 bridgehead atoms. The Bertz CT molecular complexity index is 704. The van der Waals surface area contributed by atoms with E-state index in [0.29, 0.717) is 18.9 Å². The highest BCUT2D eigenvalue weighted by Crippen LogP contribution is 2.33. The molecule has 0 radical (unpaired) electrons. The Morgan fingerprint density at radius 3 is 2.31 bits per heavy atom. The number of carbonyl (C=O) groups is 2. The van der Waals surface area contributed by atoms with Crippen LogP contribution in [0.25, 0.3) is 0 Å². The highest BCUT2D eigenvalue weighted by atomic mass is 16.6. The van der Waals surface area contributed by atoms with Crippen LogP contribution in [0.3, 0.4) is 0 Å². The number of amides is 2. The van der Waals surface area contributed by atoms with E-state index in [0.717, 1.165) is 24.8 Å². The molecule has 2 amide bonds. The molecule has 0 spiro atoms. The zero-order valence-electron chi connectivity index (χ0n) is 18.8. The Hall–Kier alpha value is -2.31. The van der Waals surface area contributed by atoms with E-state index in [1.807, 2.05) is 60.6 Å². The second-order valence-electron chi connectivity index (χ2n) is 9.41. The van der Waals surface area contributed by atoms with Crippen LogP contribution in [0.15, 0.2) is 18.3 Å². The van der Waals surface area contributed by atoms with Gasteiger partial charge < -0.3 is 14.4 Å². The van der Waals surface area contributed by atoms with Gasteiger partial charge in [-0.3, -0.25) is 4.90 Å². The minimum Gasteiger partial charge on any atom is -0.444 e. The maximum atomic E-state index is 12.6. The van der Waals surface area contributed by atoms with E-state index in [4.69, 9.17) is 9.47 Å². The van der Waals surface area contributed by atoms with Crippen LogP contribution in [0, 0.1) is 0 Å². The second-order valence-corrected chi connectivity index (χ2v) is 9.41. The number of carbonyl (C=O) groups excluding carboxylic acids is 2. The fourth-order valence-corrected chi connectivity index (χ4v) is 3.25. The topological polar surface area (TPSA) is 72.0 Å². The predicted octanol–water partition coefficient (Wildman–Crippen LogP) is 5.31. The van der Waals surface area contributed by atoms with Crippen molar-refractivity contribution in [3.63, 3.8) is 0 Å². The summed E-state index contributed by atoms with van der Waals surface area (Å²) in [6.07, 6.45) is 3.62. The molecule has 0 aromatic carbocycles. The third-order valence-electron chi connectivity index (χ3n) is 4.37. The molecule has 0 saturated carbocycles. The summed E-state index contributed by atoms with van der Waals surface area (Å²) < 4.78 is 11.1. The van der Waals surface area contributed by atoms with Crippen molar-refractivity contribution in [1.82, 2.24) is 9.88 Å². The highest BCUT2D eigenvalue weighted by molar-refractivity contribution is 5.86. The molecule has 1 atom stereocenters. The van der Waals surface area contributed by atoms with Gasteiger partial charge in [-0.15, -0.1) is 0 Å². The maximum Gasteiger partial charge on any atom is 0.416 e. The normalized spacial score (nSPS) is 17.2. The zero-order chi connectivity index (χ0) is 21.8. The number of hydrogen-bond donors (Lipinski definition) is 0. The largest absolute Gasteiger partial charge is 0.444 e. The van der Waals surface area contributed by atoms with E-state index in [2.05, 4.69) is 4.98 Å². The quantitative estimate of drug-likeness (QED) is 0.679. The summed E-state index contributed by atoms with van der Waals surface area (Å²) in [6.45, 7) is 14.3. The van der Waals surface area contributed by atoms with Gasteiger partial charge in [-0.25, -0.2) is 14.6 Å². The Kier molecular flexibility index (Phi) is 7.14. The second kappa shape index (κ2) is 9.01.